The number of carbonyl (C=O) groups excluding carboxylic acids is 1. The smallest absolute Gasteiger partial charge is 0.237 e. The molecule has 4 heterocycles. The number of rotatable bonds is 6. The molecule has 2 saturated carbocycles. The van der Waals surface area contributed by atoms with Gasteiger partial charge in [0.05, 0.1) is 6.04 Å². The first-order chi connectivity index (χ1) is 17.1. The van der Waals surface area contributed by atoms with Gasteiger partial charge in [-0.3, -0.25) is 9.69 Å². The maximum Gasteiger partial charge on any atom is 0.237 e. The third-order valence-corrected chi connectivity index (χ3v) is 8.33. The van der Waals surface area contributed by atoms with Crippen molar-refractivity contribution in [3.63, 3.8) is 0 Å². The molecule has 35 heavy (non-hydrogen) atoms. The molecule has 0 spiro atoms. The number of halogens is 1. The number of carbonyl (C=O) groups is 1. The van der Waals surface area contributed by atoms with Crippen molar-refractivity contribution in [3.8, 4) is 11.1 Å². The molecule has 3 N–H and O–H groups in total. The number of H-pyrrole nitrogens is 1. The normalized spacial score (nSPS) is 25.5. The summed E-state index contributed by atoms with van der Waals surface area (Å²) in [7, 11) is 0. The van der Waals surface area contributed by atoms with E-state index in [1.165, 1.54) is 25.7 Å². The third kappa shape index (κ3) is 4.76. The maximum atomic E-state index is 12.9. The van der Waals surface area contributed by atoms with E-state index < -0.39 is 0 Å². The fraction of sp³-hybridized carbons (Fsp3) is 0.519. The molecule has 0 radical (unpaired) electrons. The highest BCUT2D eigenvalue weighted by atomic mass is 35.5. The Balaban J connectivity index is 1.05. The van der Waals surface area contributed by atoms with Crippen LogP contribution >= 0.6 is 11.6 Å². The molecule has 1 saturated heterocycles. The van der Waals surface area contributed by atoms with Crippen LogP contribution in [0.3, 0.4) is 0 Å². The molecule has 3 aromatic rings. The first kappa shape index (κ1) is 22.8. The van der Waals surface area contributed by atoms with Gasteiger partial charge in [-0.1, -0.05) is 24.4 Å². The minimum atomic E-state index is 0.0998. The first-order valence-corrected chi connectivity index (χ1v) is 13.4. The lowest BCUT2D eigenvalue weighted by Gasteiger charge is -2.44. The molecule has 3 aromatic heterocycles. The number of likely N-dealkylation sites (tertiary alicyclic amines) is 1. The number of fused-ring (bicyclic) bond motifs is 1. The second-order valence-electron chi connectivity index (χ2n) is 10.3. The van der Waals surface area contributed by atoms with Crippen LogP contribution in [-0.4, -0.2) is 56.5 Å². The number of nitrogens with one attached hydrogen (secondary N) is 3. The molecule has 2 aliphatic carbocycles. The molecule has 7 nitrogen and oxygen atoms in total. The number of aromatic amines is 1. The predicted octanol–water partition coefficient (Wildman–Crippen LogP) is 5.13. The van der Waals surface area contributed by atoms with Gasteiger partial charge in [0.15, 0.2) is 0 Å². The van der Waals surface area contributed by atoms with Gasteiger partial charge < -0.3 is 15.6 Å². The van der Waals surface area contributed by atoms with Gasteiger partial charge in [0.1, 0.15) is 16.6 Å². The summed E-state index contributed by atoms with van der Waals surface area (Å²) in [6, 6.07) is 9.28. The Labute approximate surface area is 211 Å². The van der Waals surface area contributed by atoms with Crippen molar-refractivity contribution >= 4 is 34.4 Å². The van der Waals surface area contributed by atoms with Crippen molar-refractivity contribution in [1.82, 2.24) is 25.2 Å². The van der Waals surface area contributed by atoms with Crippen LogP contribution in [0.25, 0.3) is 22.2 Å². The van der Waals surface area contributed by atoms with E-state index in [1.807, 2.05) is 18.3 Å². The molecule has 8 heteroatoms. The topological polar surface area (TPSA) is 85.9 Å². The molecule has 184 valence electrons. The van der Waals surface area contributed by atoms with E-state index in [-0.39, 0.29) is 18.0 Å². The summed E-state index contributed by atoms with van der Waals surface area (Å²) in [5.74, 6) is 1.04. The Morgan fingerprint density at radius 3 is 2.63 bits per heavy atom. The lowest BCUT2D eigenvalue weighted by molar-refractivity contribution is -0.133. The minimum absolute atomic E-state index is 0.0998. The summed E-state index contributed by atoms with van der Waals surface area (Å²) >= 11 is 6.40. The van der Waals surface area contributed by atoms with Crippen molar-refractivity contribution in [1.29, 1.82) is 0 Å². The fourth-order valence-corrected chi connectivity index (χ4v) is 6.38. The second kappa shape index (κ2) is 9.78. The van der Waals surface area contributed by atoms with Crippen LogP contribution in [0.4, 0.5) is 5.82 Å². The average molecular weight is 493 g/mol. The largest absolute Gasteiger partial charge is 0.367 e. The number of aromatic nitrogens is 3. The molecule has 3 fully saturated rings. The molecule has 1 amide bonds. The van der Waals surface area contributed by atoms with Crippen molar-refractivity contribution in [3.05, 3.63) is 41.8 Å². The highest BCUT2D eigenvalue weighted by Gasteiger charge is 2.40. The maximum absolute atomic E-state index is 12.9. The van der Waals surface area contributed by atoms with E-state index in [0.717, 1.165) is 66.6 Å². The van der Waals surface area contributed by atoms with Gasteiger partial charge in [0.25, 0.3) is 0 Å². The summed E-state index contributed by atoms with van der Waals surface area (Å²) in [5.41, 5.74) is 2.94. The summed E-state index contributed by atoms with van der Waals surface area (Å²) in [5, 5.41) is 8.48. The van der Waals surface area contributed by atoms with Gasteiger partial charge in [0.2, 0.25) is 5.91 Å². The quantitative estimate of drug-likeness (QED) is 0.415. The highest BCUT2D eigenvalue weighted by molar-refractivity contribution is 6.29. The summed E-state index contributed by atoms with van der Waals surface area (Å²) in [6.45, 7) is 1.09. The molecule has 0 bridgehead atoms. The van der Waals surface area contributed by atoms with Gasteiger partial charge in [-0.25, -0.2) is 9.97 Å². The standard InChI is InChI=1S/C27H33ClN6O/c28-24-14-17(22-16-30-26-21(22)6-3-12-29-26)15-25(33-24)31-18-7-9-19(10-8-18)32-27(35)23-11-13-34(23)20-4-1-2-5-20/h3,6,12,14-16,18-20,23H,1-2,4-5,7-11,13H2,(H,29,30)(H,31,33)(H,32,35)/t18-,19-,23?. The van der Waals surface area contributed by atoms with Crippen molar-refractivity contribution in [2.24, 2.45) is 0 Å². The summed E-state index contributed by atoms with van der Waals surface area (Å²) in [6.07, 6.45) is 13.9. The van der Waals surface area contributed by atoms with E-state index >= 15 is 0 Å². The SMILES string of the molecule is O=C(N[C@H]1CC[C@H](Nc2cc(-c3c[nH]c4ncccc34)cc(Cl)n2)CC1)C1CCN1C1CCCC1. The second-order valence-corrected chi connectivity index (χ2v) is 10.7. The van der Waals surface area contributed by atoms with Crippen LogP contribution in [0, 0.1) is 0 Å². The number of amides is 1. The Hall–Kier alpha value is -2.64. The monoisotopic (exact) mass is 492 g/mol. The van der Waals surface area contributed by atoms with Crippen LogP contribution in [-0.2, 0) is 4.79 Å². The first-order valence-electron chi connectivity index (χ1n) is 13.1. The van der Waals surface area contributed by atoms with Crippen molar-refractivity contribution in [2.45, 2.75) is 82.0 Å². The molecule has 3 aliphatic rings. The van der Waals surface area contributed by atoms with Gasteiger partial charge in [0, 0.05) is 48.0 Å². The molecule has 6 rings (SSSR count). The van der Waals surface area contributed by atoms with Gasteiger partial charge in [-0.15, -0.1) is 0 Å². The molecular weight excluding hydrogens is 460 g/mol. The third-order valence-electron chi connectivity index (χ3n) is 8.14. The Morgan fingerprint density at radius 2 is 1.86 bits per heavy atom. The van der Waals surface area contributed by atoms with E-state index in [0.29, 0.717) is 17.2 Å². The fourth-order valence-electron chi connectivity index (χ4n) is 6.17. The number of anilines is 1. The van der Waals surface area contributed by atoms with Crippen LogP contribution in [0.5, 0.6) is 0 Å². The minimum Gasteiger partial charge on any atom is -0.367 e. The Bertz CT molecular complexity index is 1200. The summed E-state index contributed by atoms with van der Waals surface area (Å²) in [4.78, 5) is 27.5. The lowest BCUT2D eigenvalue weighted by atomic mass is 9.90. The van der Waals surface area contributed by atoms with Gasteiger partial charge in [-0.05, 0) is 74.8 Å². The number of nitrogens with zero attached hydrogens (tertiary/aromatic N) is 3. The number of hydrogen-bond acceptors (Lipinski definition) is 5. The molecule has 1 atom stereocenters. The van der Waals surface area contributed by atoms with E-state index in [4.69, 9.17) is 11.6 Å². The van der Waals surface area contributed by atoms with Crippen LogP contribution in [0.2, 0.25) is 5.15 Å². The molecule has 1 aliphatic heterocycles. The zero-order chi connectivity index (χ0) is 23.8. The average Bonchev–Trinajstić information content (AvgIpc) is 3.49. The zero-order valence-electron chi connectivity index (χ0n) is 20.0. The molecular formula is C27H33ClN6O. The van der Waals surface area contributed by atoms with Gasteiger partial charge in [-0.2, -0.15) is 0 Å². The number of pyridine rings is 2. The van der Waals surface area contributed by atoms with Crippen molar-refractivity contribution < 1.29 is 4.79 Å². The Kier molecular flexibility index (Phi) is 6.37. The molecule has 0 aromatic carbocycles. The summed E-state index contributed by atoms with van der Waals surface area (Å²) < 4.78 is 0. The Morgan fingerprint density at radius 1 is 1.06 bits per heavy atom. The van der Waals surface area contributed by atoms with E-state index in [2.05, 4.69) is 42.6 Å². The predicted molar refractivity (Wildman–Crippen MR) is 140 cm³/mol. The van der Waals surface area contributed by atoms with Crippen molar-refractivity contribution in [2.75, 3.05) is 11.9 Å². The van der Waals surface area contributed by atoms with Crippen LogP contribution < -0.4 is 10.6 Å². The van der Waals surface area contributed by atoms with E-state index in [1.54, 1.807) is 6.20 Å². The van der Waals surface area contributed by atoms with E-state index in [9.17, 15) is 4.79 Å². The number of hydrogen-bond donors (Lipinski definition) is 3. The van der Waals surface area contributed by atoms with Crippen LogP contribution in [0.1, 0.15) is 57.8 Å². The zero-order valence-corrected chi connectivity index (χ0v) is 20.7. The van der Waals surface area contributed by atoms with Crippen LogP contribution in [0.15, 0.2) is 36.7 Å². The highest BCUT2D eigenvalue weighted by Crippen LogP contribution is 2.33. The molecule has 1 unspecified atom stereocenters. The van der Waals surface area contributed by atoms with Gasteiger partial charge >= 0.3 is 0 Å². The lowest BCUT2D eigenvalue weighted by Crippen LogP contribution is -2.60.